The van der Waals surface area contributed by atoms with Crippen LogP contribution in [0.15, 0.2) is 0 Å². The molecule has 1 atom stereocenters. The molecule has 5 nitrogen and oxygen atoms in total. The van der Waals surface area contributed by atoms with Gasteiger partial charge in [0.05, 0.1) is 19.1 Å². The van der Waals surface area contributed by atoms with Crippen LogP contribution in [0.3, 0.4) is 0 Å². The van der Waals surface area contributed by atoms with E-state index in [2.05, 4.69) is 0 Å². The summed E-state index contributed by atoms with van der Waals surface area (Å²) < 4.78 is 20.0. The van der Waals surface area contributed by atoms with Crippen LogP contribution in [0.25, 0.3) is 0 Å². The summed E-state index contributed by atoms with van der Waals surface area (Å²) in [6.45, 7) is 9.45. The topological polar surface area (TPSA) is 70.4 Å². The molecule has 6 heteroatoms. The molecule has 0 aromatic rings. The molecule has 0 fully saturated rings. The Morgan fingerprint density at radius 1 is 1.32 bits per heavy atom. The lowest BCUT2D eigenvalue weighted by molar-refractivity contribution is -0.113. The van der Waals surface area contributed by atoms with Crippen molar-refractivity contribution in [2.24, 2.45) is 0 Å². The summed E-state index contributed by atoms with van der Waals surface area (Å²) in [6.07, 6.45) is 1.00. The van der Waals surface area contributed by atoms with Gasteiger partial charge in [-0.1, -0.05) is 6.92 Å². The average Bonchev–Trinajstić information content (AvgIpc) is 2.28. The van der Waals surface area contributed by atoms with Crippen molar-refractivity contribution in [2.45, 2.75) is 66.0 Å². The van der Waals surface area contributed by atoms with Crippen molar-refractivity contribution in [2.75, 3.05) is 6.61 Å². The van der Waals surface area contributed by atoms with E-state index in [1.165, 1.54) is 0 Å². The second kappa shape index (κ2) is 8.47. The van der Waals surface area contributed by atoms with E-state index in [1.807, 2.05) is 40.7 Å². The molecule has 0 spiro atoms. The van der Waals surface area contributed by atoms with Crippen molar-refractivity contribution in [3.63, 3.8) is 0 Å². The Morgan fingerprint density at radius 3 is 2.21 bits per heavy atom. The molecule has 19 heavy (non-hydrogen) atoms. The zero-order chi connectivity index (χ0) is 15.1. The quantitative estimate of drug-likeness (QED) is 0.479. The lowest BCUT2D eigenvalue weighted by Gasteiger charge is -2.35. The largest absolute Gasteiger partial charge is 0.337 e. The summed E-state index contributed by atoms with van der Waals surface area (Å²) in [5, 5.41) is 8.54. The number of nitrogens with zero attached hydrogens (tertiary/aromatic N) is 2. The Bertz CT molecular complexity index is 367. The fourth-order valence-corrected chi connectivity index (χ4v) is 4.64. The maximum atomic E-state index is 13.0. The molecule has 0 aliphatic carbocycles. The van der Waals surface area contributed by atoms with E-state index < -0.39 is 7.52 Å². The third-order valence-corrected chi connectivity index (χ3v) is 5.54. The smallest absolute Gasteiger partial charge is 0.311 e. The van der Waals surface area contributed by atoms with E-state index in [0.29, 0.717) is 6.42 Å². The van der Waals surface area contributed by atoms with Crippen molar-refractivity contribution in [1.82, 2.24) is 4.67 Å². The predicted octanol–water partition coefficient (Wildman–Crippen LogP) is 3.56. The zero-order valence-electron chi connectivity index (χ0n) is 12.5. The van der Waals surface area contributed by atoms with Gasteiger partial charge in [0.2, 0.25) is 5.52 Å². The second-order valence-corrected chi connectivity index (χ2v) is 7.23. The fourth-order valence-electron chi connectivity index (χ4n) is 2.04. The van der Waals surface area contributed by atoms with E-state index in [4.69, 9.17) is 9.79 Å². The summed E-state index contributed by atoms with van der Waals surface area (Å²) in [6, 6.07) is 1.81. The van der Waals surface area contributed by atoms with E-state index >= 15 is 0 Å². The molecule has 0 aromatic carbocycles. The van der Waals surface area contributed by atoms with Crippen molar-refractivity contribution in [1.29, 1.82) is 5.26 Å². The molecule has 0 saturated carbocycles. The fraction of sp³-hybridized carbons (Fsp3) is 0.846. The molecular weight excluding hydrogens is 263 g/mol. The van der Waals surface area contributed by atoms with Crippen molar-refractivity contribution >= 4 is 13.0 Å². The molecule has 110 valence electrons. The molecule has 0 aliphatic heterocycles. The number of nitriles is 1. The zero-order valence-corrected chi connectivity index (χ0v) is 13.4. The monoisotopic (exact) mass is 288 g/mol. The number of carbonyl (C=O) groups excluding carboxylic acids is 1. The Labute approximate surface area is 116 Å². The Kier molecular flexibility index (Phi) is 8.17. The Hall–Kier alpha value is -0.690. The van der Waals surface area contributed by atoms with Gasteiger partial charge in [-0.05, 0) is 34.1 Å². The molecule has 0 radical (unpaired) electrons. The highest BCUT2D eigenvalue weighted by atomic mass is 31.2. The first-order valence-electron chi connectivity index (χ1n) is 6.75. The van der Waals surface area contributed by atoms with Gasteiger partial charge in [0.15, 0.2) is 0 Å². The lowest BCUT2D eigenvalue weighted by Crippen LogP contribution is -2.37. The van der Waals surface area contributed by atoms with Crippen LogP contribution >= 0.6 is 7.52 Å². The highest BCUT2D eigenvalue weighted by Gasteiger charge is 2.41. The number of rotatable bonds is 9. The van der Waals surface area contributed by atoms with Gasteiger partial charge >= 0.3 is 7.52 Å². The molecule has 1 unspecified atom stereocenters. The molecule has 0 aromatic heterocycles. The first-order valence-corrected chi connectivity index (χ1v) is 8.32. The van der Waals surface area contributed by atoms with Crippen LogP contribution in [0, 0.1) is 11.3 Å². The first-order chi connectivity index (χ1) is 8.81. The summed E-state index contributed by atoms with van der Waals surface area (Å²) in [5.41, 5.74) is -0.352. The summed E-state index contributed by atoms with van der Waals surface area (Å²) in [7, 11) is -3.54. The van der Waals surface area contributed by atoms with Crippen LogP contribution in [-0.4, -0.2) is 28.9 Å². The van der Waals surface area contributed by atoms with Crippen LogP contribution in [-0.2, 0) is 13.9 Å². The number of hydrogen-bond acceptors (Lipinski definition) is 4. The van der Waals surface area contributed by atoms with E-state index in [1.54, 1.807) is 4.67 Å². The third kappa shape index (κ3) is 5.06. The normalized spacial score (nSPS) is 14.7. The first kappa shape index (κ1) is 18.3. The van der Waals surface area contributed by atoms with E-state index in [0.717, 1.165) is 0 Å². The minimum absolute atomic E-state index is 0.0270. The van der Waals surface area contributed by atoms with Gasteiger partial charge in [-0.3, -0.25) is 9.36 Å². The second-order valence-electron chi connectivity index (χ2n) is 4.97. The van der Waals surface area contributed by atoms with Crippen LogP contribution < -0.4 is 0 Å². The van der Waals surface area contributed by atoms with E-state index in [9.17, 15) is 9.36 Å². The van der Waals surface area contributed by atoms with E-state index in [-0.39, 0.29) is 37.1 Å². The van der Waals surface area contributed by atoms with Crippen LogP contribution in [0.5, 0.6) is 0 Å². The third-order valence-electron chi connectivity index (χ3n) is 2.62. The number of carbonyl (C=O) groups is 1. The van der Waals surface area contributed by atoms with Crippen molar-refractivity contribution in [3.8, 4) is 6.07 Å². The summed E-state index contributed by atoms with van der Waals surface area (Å²) in [5.74, 6) is 0. The van der Waals surface area contributed by atoms with Crippen LogP contribution in [0.2, 0.25) is 0 Å². The SMILES string of the molecule is CCCC(=O)P(=O)(OCCC#N)N(C(C)C)C(C)C. The molecule has 0 amide bonds. The van der Waals surface area contributed by atoms with Gasteiger partial charge in [0, 0.05) is 18.5 Å². The Balaban J connectivity index is 5.29. The lowest BCUT2D eigenvalue weighted by atomic mass is 10.3. The molecule has 0 rings (SSSR count). The minimum Gasteiger partial charge on any atom is -0.311 e. The molecule has 0 bridgehead atoms. The molecule has 0 saturated heterocycles. The molecular formula is C13H25N2O3P. The minimum atomic E-state index is -3.54. The highest BCUT2D eigenvalue weighted by molar-refractivity contribution is 7.74. The van der Waals surface area contributed by atoms with Gasteiger partial charge in [0.25, 0.3) is 0 Å². The number of hydrogen-bond donors (Lipinski definition) is 0. The van der Waals surface area contributed by atoms with Gasteiger partial charge in [-0.2, -0.15) is 5.26 Å². The maximum Gasteiger partial charge on any atom is 0.337 e. The molecule has 0 aliphatic rings. The summed E-state index contributed by atoms with van der Waals surface area (Å²) >= 11 is 0. The highest BCUT2D eigenvalue weighted by Crippen LogP contribution is 2.55. The Morgan fingerprint density at radius 2 is 1.84 bits per heavy atom. The van der Waals surface area contributed by atoms with Crippen molar-refractivity contribution < 1.29 is 13.9 Å². The average molecular weight is 288 g/mol. The summed E-state index contributed by atoms with van der Waals surface area (Å²) in [4.78, 5) is 12.2. The standard InChI is InChI=1S/C13H25N2O3P/c1-6-8-13(16)19(17,18-10-7-9-14)15(11(2)3)12(4)5/h11-12H,6-8,10H2,1-5H3. The van der Waals surface area contributed by atoms with Crippen molar-refractivity contribution in [3.05, 3.63) is 0 Å². The maximum absolute atomic E-state index is 13.0. The van der Waals surface area contributed by atoms with Crippen LogP contribution in [0.4, 0.5) is 0 Å². The van der Waals surface area contributed by atoms with Gasteiger partial charge in [0.1, 0.15) is 0 Å². The van der Waals surface area contributed by atoms with Crippen LogP contribution in [0.1, 0.15) is 53.9 Å². The van der Waals surface area contributed by atoms with Gasteiger partial charge in [-0.15, -0.1) is 0 Å². The van der Waals surface area contributed by atoms with Gasteiger partial charge in [-0.25, -0.2) is 4.67 Å². The molecule has 0 N–H and O–H groups in total. The van der Waals surface area contributed by atoms with Gasteiger partial charge < -0.3 is 4.52 Å². The predicted molar refractivity (Wildman–Crippen MR) is 75.8 cm³/mol. The molecule has 0 heterocycles.